The summed E-state index contributed by atoms with van der Waals surface area (Å²) in [7, 11) is 1.92. The van der Waals surface area contributed by atoms with Crippen LogP contribution < -0.4 is 10.1 Å². The molecule has 1 atom stereocenters. The summed E-state index contributed by atoms with van der Waals surface area (Å²) in [5.41, 5.74) is 3.61. The third kappa shape index (κ3) is 5.20. The van der Waals surface area contributed by atoms with Gasteiger partial charge in [-0.05, 0) is 50.6 Å². The van der Waals surface area contributed by atoms with Crippen LogP contribution in [0.2, 0.25) is 0 Å². The second kappa shape index (κ2) is 10.3. The predicted octanol–water partition coefficient (Wildman–Crippen LogP) is 3.24. The smallest absolute Gasteiger partial charge is 0.340 e. The van der Waals surface area contributed by atoms with Crippen LogP contribution >= 0.6 is 0 Å². The van der Waals surface area contributed by atoms with Gasteiger partial charge in [-0.25, -0.2) is 4.79 Å². The van der Waals surface area contributed by atoms with Crippen LogP contribution in [0.5, 0.6) is 5.75 Å². The highest BCUT2D eigenvalue weighted by atomic mass is 16.5. The van der Waals surface area contributed by atoms with Crippen LogP contribution in [0.15, 0.2) is 48.5 Å². The molecular weight excluding hydrogens is 380 g/mol. The van der Waals surface area contributed by atoms with Crippen LogP contribution in [0.25, 0.3) is 10.9 Å². The van der Waals surface area contributed by atoms with Gasteiger partial charge in [0.05, 0.1) is 12.2 Å². The van der Waals surface area contributed by atoms with Crippen molar-refractivity contribution in [2.45, 2.75) is 26.4 Å². The molecule has 1 heterocycles. The average molecular weight is 411 g/mol. The maximum absolute atomic E-state index is 12.4. The van der Waals surface area contributed by atoms with Crippen LogP contribution in [0.3, 0.4) is 0 Å². The minimum absolute atomic E-state index is 0.171. The van der Waals surface area contributed by atoms with E-state index in [1.165, 1.54) is 5.56 Å². The second-order valence-corrected chi connectivity index (χ2v) is 7.32. The van der Waals surface area contributed by atoms with Crippen LogP contribution in [0.1, 0.15) is 28.5 Å². The summed E-state index contributed by atoms with van der Waals surface area (Å²) < 4.78 is 13.0. The summed E-state index contributed by atoms with van der Waals surface area (Å²) in [6.07, 6.45) is 0.285. The number of aliphatic hydroxyl groups excluding tert-OH is 1. The Morgan fingerprint density at radius 1 is 1.20 bits per heavy atom. The molecule has 160 valence electrons. The zero-order chi connectivity index (χ0) is 21.5. The lowest BCUT2D eigenvalue weighted by atomic mass is 10.1. The molecule has 2 aromatic carbocycles. The number of carbonyl (C=O) groups is 1. The Hall–Kier alpha value is -2.83. The summed E-state index contributed by atoms with van der Waals surface area (Å²) in [5.74, 6) is 0.280. The third-order valence-corrected chi connectivity index (χ3v) is 5.20. The van der Waals surface area contributed by atoms with Gasteiger partial charge < -0.3 is 24.5 Å². The van der Waals surface area contributed by atoms with E-state index in [0.717, 1.165) is 29.6 Å². The molecule has 0 radical (unpaired) electrons. The number of benzene rings is 2. The number of hydrogen-bond donors (Lipinski definition) is 2. The maximum atomic E-state index is 12.4. The lowest BCUT2D eigenvalue weighted by molar-refractivity contribution is 0.0527. The van der Waals surface area contributed by atoms with Crippen molar-refractivity contribution in [2.24, 2.45) is 7.05 Å². The molecule has 0 saturated carbocycles. The number of nitrogens with one attached hydrogen (secondary N) is 1. The minimum atomic E-state index is -0.626. The van der Waals surface area contributed by atoms with Crippen molar-refractivity contribution in [1.29, 1.82) is 0 Å². The van der Waals surface area contributed by atoms with Gasteiger partial charge >= 0.3 is 5.97 Å². The normalized spacial score (nSPS) is 12.1. The zero-order valence-electron chi connectivity index (χ0n) is 17.9. The summed E-state index contributed by atoms with van der Waals surface area (Å²) in [5, 5.41) is 14.3. The highest BCUT2D eigenvalue weighted by Gasteiger charge is 2.20. The van der Waals surface area contributed by atoms with Crippen LogP contribution in [0, 0.1) is 6.92 Å². The van der Waals surface area contributed by atoms with Gasteiger partial charge in [-0.3, -0.25) is 0 Å². The number of aryl methyl sites for hydroxylation is 1. The first-order chi connectivity index (χ1) is 14.5. The van der Waals surface area contributed by atoms with Gasteiger partial charge in [0, 0.05) is 30.2 Å². The molecule has 0 aliphatic carbocycles. The average Bonchev–Trinajstić information content (AvgIpc) is 3.00. The van der Waals surface area contributed by atoms with Crippen molar-refractivity contribution in [3.8, 4) is 5.75 Å². The van der Waals surface area contributed by atoms with E-state index < -0.39 is 6.10 Å². The second-order valence-electron chi connectivity index (χ2n) is 7.32. The van der Waals surface area contributed by atoms with E-state index in [2.05, 4.69) is 17.4 Å². The molecule has 0 bridgehead atoms. The van der Waals surface area contributed by atoms with E-state index in [4.69, 9.17) is 9.47 Å². The van der Waals surface area contributed by atoms with Crippen LogP contribution in [-0.2, 0) is 18.2 Å². The van der Waals surface area contributed by atoms with E-state index in [9.17, 15) is 9.90 Å². The SMILES string of the molecule is CCOC(=O)c1c(C)n(C)c2ccc(OC[C@@H](O)CNCCc3ccccc3)cc12. The van der Waals surface area contributed by atoms with E-state index in [0.29, 0.717) is 24.5 Å². The van der Waals surface area contributed by atoms with Gasteiger partial charge in [0.15, 0.2) is 0 Å². The van der Waals surface area contributed by atoms with Gasteiger partial charge in [0.2, 0.25) is 0 Å². The Morgan fingerprint density at radius 2 is 1.97 bits per heavy atom. The van der Waals surface area contributed by atoms with Crippen molar-refractivity contribution >= 4 is 16.9 Å². The van der Waals surface area contributed by atoms with Gasteiger partial charge in [-0.1, -0.05) is 30.3 Å². The first-order valence-electron chi connectivity index (χ1n) is 10.3. The van der Waals surface area contributed by atoms with Crippen LogP contribution in [0.4, 0.5) is 0 Å². The molecule has 0 amide bonds. The van der Waals surface area contributed by atoms with Crippen molar-refractivity contribution in [1.82, 2.24) is 9.88 Å². The van der Waals surface area contributed by atoms with Gasteiger partial charge in [0.1, 0.15) is 18.5 Å². The fourth-order valence-electron chi connectivity index (χ4n) is 3.50. The molecule has 0 unspecified atom stereocenters. The largest absolute Gasteiger partial charge is 0.491 e. The quantitative estimate of drug-likeness (QED) is 0.397. The van der Waals surface area contributed by atoms with E-state index in [1.54, 1.807) is 6.92 Å². The standard InChI is InChI=1S/C24H30N2O4/c1-4-29-24(28)23-17(2)26(3)22-11-10-20(14-21(22)23)30-16-19(27)15-25-13-12-18-8-6-5-7-9-18/h5-11,14,19,25,27H,4,12-13,15-16H2,1-3H3/t19-/m0/s1. The maximum Gasteiger partial charge on any atom is 0.340 e. The molecule has 2 N–H and O–H groups in total. The molecule has 0 spiro atoms. The lowest BCUT2D eigenvalue weighted by Crippen LogP contribution is -2.32. The van der Waals surface area contributed by atoms with Crippen LogP contribution in [-0.4, -0.2) is 48.1 Å². The molecule has 0 fully saturated rings. The van der Waals surface area contributed by atoms with Gasteiger partial charge in [0.25, 0.3) is 0 Å². The number of nitrogens with zero attached hydrogens (tertiary/aromatic N) is 1. The van der Waals surface area contributed by atoms with E-state index in [-0.39, 0.29) is 12.6 Å². The Balaban J connectivity index is 1.56. The van der Waals surface area contributed by atoms with E-state index in [1.807, 2.05) is 54.9 Å². The van der Waals surface area contributed by atoms with Gasteiger partial charge in [-0.15, -0.1) is 0 Å². The Morgan fingerprint density at radius 3 is 2.70 bits per heavy atom. The van der Waals surface area contributed by atoms with Crippen molar-refractivity contribution in [2.75, 3.05) is 26.3 Å². The fourth-order valence-corrected chi connectivity index (χ4v) is 3.50. The summed E-state index contributed by atoms with van der Waals surface area (Å²) in [6.45, 7) is 5.44. The molecule has 3 rings (SSSR count). The number of carbonyl (C=O) groups excluding carboxylic acids is 1. The predicted molar refractivity (Wildman–Crippen MR) is 118 cm³/mol. The number of hydrogen-bond acceptors (Lipinski definition) is 5. The third-order valence-electron chi connectivity index (χ3n) is 5.20. The number of ether oxygens (including phenoxy) is 2. The first-order valence-corrected chi connectivity index (χ1v) is 10.3. The molecule has 0 saturated heterocycles. The molecular formula is C24H30N2O4. The molecule has 0 aliphatic heterocycles. The summed E-state index contributed by atoms with van der Waals surface area (Å²) >= 11 is 0. The summed E-state index contributed by atoms with van der Waals surface area (Å²) in [6, 6.07) is 15.8. The molecule has 3 aromatic rings. The molecule has 6 heteroatoms. The highest BCUT2D eigenvalue weighted by Crippen LogP contribution is 2.29. The number of fused-ring (bicyclic) bond motifs is 1. The Labute approximate surface area is 177 Å². The molecule has 30 heavy (non-hydrogen) atoms. The lowest BCUT2D eigenvalue weighted by Gasteiger charge is -2.13. The first kappa shape index (κ1) is 21.9. The summed E-state index contributed by atoms with van der Waals surface area (Å²) in [4.78, 5) is 12.4. The topological polar surface area (TPSA) is 72.7 Å². The molecule has 0 aliphatic rings. The molecule has 6 nitrogen and oxygen atoms in total. The highest BCUT2D eigenvalue weighted by molar-refractivity contribution is 6.06. The minimum Gasteiger partial charge on any atom is -0.491 e. The van der Waals surface area contributed by atoms with Crippen molar-refractivity contribution < 1.29 is 19.4 Å². The zero-order valence-corrected chi connectivity index (χ0v) is 17.9. The Kier molecular flexibility index (Phi) is 7.49. The number of rotatable bonds is 10. The molecule has 1 aromatic heterocycles. The number of aromatic nitrogens is 1. The van der Waals surface area contributed by atoms with Gasteiger partial charge in [-0.2, -0.15) is 0 Å². The Bertz CT molecular complexity index is 982. The fraction of sp³-hybridized carbons (Fsp3) is 0.375. The number of esters is 1. The number of aliphatic hydroxyl groups is 1. The van der Waals surface area contributed by atoms with E-state index >= 15 is 0 Å². The van der Waals surface area contributed by atoms with Crippen molar-refractivity contribution in [3.05, 3.63) is 65.4 Å². The monoisotopic (exact) mass is 410 g/mol. The van der Waals surface area contributed by atoms with Crippen molar-refractivity contribution in [3.63, 3.8) is 0 Å².